The van der Waals surface area contributed by atoms with Gasteiger partial charge in [-0.3, -0.25) is 0 Å². The van der Waals surface area contributed by atoms with Crippen molar-refractivity contribution in [3.8, 4) is 11.8 Å². The molecule has 0 saturated carbocycles. The number of aromatic nitrogens is 1. The first kappa shape index (κ1) is 15.0. The number of hydrogen-bond donors (Lipinski definition) is 0. The summed E-state index contributed by atoms with van der Waals surface area (Å²) in [6.07, 6.45) is -5.13. The molecule has 0 aliphatic heterocycles. The van der Waals surface area contributed by atoms with Gasteiger partial charge in [-0.2, -0.15) is 5.26 Å². The molecular weight excluding hydrogens is 365 g/mol. The minimum Gasteiger partial charge on any atom is -0.401 e. The lowest BCUT2D eigenvalue weighted by atomic mass is 10.3. The summed E-state index contributed by atoms with van der Waals surface area (Å²) in [5.41, 5.74) is -0.435. The SMILES string of the molecule is N#Cc1cc(Br)c(OC(F)(F)F)c(S(=O)(=O)Cl)n1. The average molecular weight is 366 g/mol. The van der Waals surface area contributed by atoms with Gasteiger partial charge in [-0.25, -0.2) is 13.4 Å². The molecule has 0 aromatic carbocycles. The summed E-state index contributed by atoms with van der Waals surface area (Å²) in [6.45, 7) is 0. The second-order valence-electron chi connectivity index (χ2n) is 2.72. The van der Waals surface area contributed by atoms with E-state index < -0.39 is 36.4 Å². The Balaban J connectivity index is 3.55. The quantitative estimate of drug-likeness (QED) is 0.753. The van der Waals surface area contributed by atoms with Crippen LogP contribution in [-0.2, 0) is 9.05 Å². The fourth-order valence-electron chi connectivity index (χ4n) is 0.911. The van der Waals surface area contributed by atoms with E-state index in [4.69, 9.17) is 15.9 Å². The van der Waals surface area contributed by atoms with Gasteiger partial charge in [-0.1, -0.05) is 0 Å². The molecule has 0 N–H and O–H groups in total. The van der Waals surface area contributed by atoms with Gasteiger partial charge in [-0.15, -0.1) is 13.2 Å². The number of alkyl halides is 3. The van der Waals surface area contributed by atoms with Crippen molar-refractivity contribution < 1.29 is 26.3 Å². The van der Waals surface area contributed by atoms with Crippen molar-refractivity contribution in [2.75, 3.05) is 0 Å². The number of ether oxygens (including phenoxy) is 1. The van der Waals surface area contributed by atoms with E-state index in [2.05, 4.69) is 25.7 Å². The van der Waals surface area contributed by atoms with E-state index in [9.17, 15) is 21.6 Å². The molecule has 0 atom stereocenters. The third-order valence-electron chi connectivity index (χ3n) is 1.46. The molecule has 98 valence electrons. The fourth-order valence-corrected chi connectivity index (χ4v) is 2.42. The Hall–Kier alpha value is -1.05. The Morgan fingerprint density at radius 2 is 2.06 bits per heavy atom. The summed E-state index contributed by atoms with van der Waals surface area (Å²) in [6, 6.07) is 2.34. The second kappa shape index (κ2) is 4.91. The van der Waals surface area contributed by atoms with Crippen LogP contribution in [0.25, 0.3) is 0 Å². The highest BCUT2D eigenvalue weighted by Crippen LogP contribution is 2.36. The maximum absolute atomic E-state index is 12.1. The fraction of sp³-hybridized carbons (Fsp3) is 0.143. The Kier molecular flexibility index (Phi) is 4.09. The summed E-state index contributed by atoms with van der Waals surface area (Å²) < 4.78 is 61.6. The molecule has 0 radical (unpaired) electrons. The summed E-state index contributed by atoms with van der Waals surface area (Å²) in [5.74, 6) is -1.13. The molecule has 0 unspecified atom stereocenters. The van der Waals surface area contributed by atoms with Gasteiger partial charge in [0, 0.05) is 10.7 Å². The first-order valence-electron chi connectivity index (χ1n) is 3.85. The van der Waals surface area contributed by atoms with E-state index in [0.29, 0.717) is 0 Å². The minimum absolute atomic E-state index is 0.411. The summed E-state index contributed by atoms with van der Waals surface area (Å²) >= 11 is 2.64. The standard InChI is InChI=1S/C7HBrClF3N2O3S/c8-4-1-3(2-13)14-6(18(9,15)16)5(4)17-7(10,11)12/h1H. The second-order valence-corrected chi connectivity index (χ2v) is 6.06. The van der Waals surface area contributed by atoms with E-state index in [0.717, 1.165) is 6.07 Å². The largest absolute Gasteiger partial charge is 0.573 e. The predicted molar refractivity (Wildman–Crippen MR) is 56.4 cm³/mol. The summed E-state index contributed by atoms with van der Waals surface area (Å²) in [4.78, 5) is 3.17. The highest BCUT2D eigenvalue weighted by molar-refractivity contribution is 9.10. The molecule has 0 aliphatic carbocycles. The van der Waals surface area contributed by atoms with Gasteiger partial charge in [0.2, 0.25) is 5.03 Å². The van der Waals surface area contributed by atoms with E-state index >= 15 is 0 Å². The predicted octanol–water partition coefficient (Wildman–Crippen LogP) is 2.54. The van der Waals surface area contributed by atoms with Crippen molar-refractivity contribution >= 4 is 35.7 Å². The van der Waals surface area contributed by atoms with Crippen LogP contribution in [0.3, 0.4) is 0 Å². The van der Waals surface area contributed by atoms with Gasteiger partial charge < -0.3 is 4.74 Å². The molecule has 1 rings (SSSR count). The Bertz CT molecular complexity index is 626. The van der Waals surface area contributed by atoms with Crippen LogP contribution in [0.4, 0.5) is 13.2 Å². The van der Waals surface area contributed by atoms with Gasteiger partial charge in [0.05, 0.1) is 4.47 Å². The Morgan fingerprint density at radius 3 is 2.44 bits per heavy atom. The van der Waals surface area contributed by atoms with Crippen molar-refractivity contribution in [1.82, 2.24) is 4.98 Å². The van der Waals surface area contributed by atoms with E-state index in [-0.39, 0.29) is 0 Å². The van der Waals surface area contributed by atoms with E-state index in [1.165, 1.54) is 6.07 Å². The van der Waals surface area contributed by atoms with E-state index in [1.54, 1.807) is 0 Å². The lowest BCUT2D eigenvalue weighted by molar-refractivity contribution is -0.276. The first-order chi connectivity index (χ1) is 8.04. The average Bonchev–Trinajstić information content (AvgIpc) is 2.17. The van der Waals surface area contributed by atoms with Crippen LogP contribution in [0, 0.1) is 11.3 Å². The Labute approximate surface area is 112 Å². The molecule has 1 heterocycles. The van der Waals surface area contributed by atoms with Crippen LogP contribution < -0.4 is 4.74 Å². The highest BCUT2D eigenvalue weighted by atomic mass is 79.9. The number of rotatable bonds is 2. The molecule has 0 spiro atoms. The Morgan fingerprint density at radius 1 is 1.50 bits per heavy atom. The molecular formula is C7HBrClF3N2O3S. The monoisotopic (exact) mass is 364 g/mol. The third-order valence-corrected chi connectivity index (χ3v) is 3.23. The number of pyridine rings is 1. The zero-order chi connectivity index (χ0) is 14.1. The molecule has 0 bridgehead atoms. The number of nitrogens with zero attached hydrogens (tertiary/aromatic N) is 2. The van der Waals surface area contributed by atoms with Crippen molar-refractivity contribution in [1.29, 1.82) is 5.26 Å². The first-order valence-corrected chi connectivity index (χ1v) is 6.96. The molecule has 0 fully saturated rings. The van der Waals surface area contributed by atoms with Crippen LogP contribution in [0.1, 0.15) is 5.69 Å². The summed E-state index contributed by atoms with van der Waals surface area (Å²) in [7, 11) is 0.320. The van der Waals surface area contributed by atoms with Gasteiger partial charge in [0.1, 0.15) is 11.8 Å². The minimum atomic E-state index is -5.13. The summed E-state index contributed by atoms with van der Waals surface area (Å²) in [5, 5.41) is 7.35. The van der Waals surface area contributed by atoms with Crippen LogP contribution in [0.2, 0.25) is 0 Å². The van der Waals surface area contributed by atoms with Crippen molar-refractivity contribution in [3.05, 3.63) is 16.2 Å². The number of halogens is 5. The third kappa shape index (κ3) is 3.72. The van der Waals surface area contributed by atoms with Crippen LogP contribution in [-0.4, -0.2) is 19.8 Å². The lowest BCUT2D eigenvalue weighted by Crippen LogP contribution is -2.19. The maximum Gasteiger partial charge on any atom is 0.573 e. The van der Waals surface area contributed by atoms with Gasteiger partial charge in [0.15, 0.2) is 5.75 Å². The molecule has 0 aliphatic rings. The normalized spacial score (nSPS) is 12.0. The molecule has 0 amide bonds. The highest BCUT2D eigenvalue weighted by Gasteiger charge is 2.36. The maximum atomic E-state index is 12.1. The molecule has 1 aromatic rings. The number of nitriles is 1. The topological polar surface area (TPSA) is 80.0 Å². The van der Waals surface area contributed by atoms with Crippen molar-refractivity contribution in [2.45, 2.75) is 11.4 Å². The zero-order valence-corrected chi connectivity index (χ0v) is 11.2. The van der Waals surface area contributed by atoms with Gasteiger partial charge in [-0.05, 0) is 22.0 Å². The van der Waals surface area contributed by atoms with Crippen molar-refractivity contribution in [3.63, 3.8) is 0 Å². The van der Waals surface area contributed by atoms with Gasteiger partial charge in [0.25, 0.3) is 9.05 Å². The van der Waals surface area contributed by atoms with Gasteiger partial charge >= 0.3 is 6.36 Å². The van der Waals surface area contributed by atoms with Crippen LogP contribution in [0.15, 0.2) is 15.6 Å². The van der Waals surface area contributed by atoms with E-state index in [1.807, 2.05) is 0 Å². The zero-order valence-electron chi connectivity index (χ0n) is 7.99. The smallest absolute Gasteiger partial charge is 0.401 e. The lowest BCUT2D eigenvalue weighted by Gasteiger charge is -2.12. The van der Waals surface area contributed by atoms with Crippen LogP contribution in [0.5, 0.6) is 5.75 Å². The number of hydrogen-bond acceptors (Lipinski definition) is 5. The van der Waals surface area contributed by atoms with Crippen molar-refractivity contribution in [2.24, 2.45) is 0 Å². The molecule has 11 heteroatoms. The molecule has 0 saturated heterocycles. The molecule has 18 heavy (non-hydrogen) atoms. The molecule has 5 nitrogen and oxygen atoms in total. The van der Waals surface area contributed by atoms with Crippen LogP contribution >= 0.6 is 26.6 Å². The molecule has 1 aromatic heterocycles.